The van der Waals surface area contributed by atoms with Gasteiger partial charge in [0.2, 0.25) is 0 Å². The molecule has 1 aliphatic rings. The van der Waals surface area contributed by atoms with Crippen molar-refractivity contribution in [1.29, 1.82) is 0 Å². The van der Waals surface area contributed by atoms with Gasteiger partial charge in [0.15, 0.2) is 9.84 Å². The first kappa shape index (κ1) is 16.9. The fourth-order valence-electron chi connectivity index (χ4n) is 3.13. The molecule has 1 aromatic rings. The lowest BCUT2D eigenvalue weighted by atomic mass is 9.95. The van der Waals surface area contributed by atoms with E-state index >= 15 is 0 Å². The predicted octanol–water partition coefficient (Wildman–Crippen LogP) is 2.50. The molecule has 2 unspecified atom stereocenters. The van der Waals surface area contributed by atoms with Crippen molar-refractivity contribution in [2.75, 3.05) is 12.8 Å². The van der Waals surface area contributed by atoms with Crippen molar-refractivity contribution < 1.29 is 8.42 Å². The largest absolute Gasteiger partial charge is 0.312 e. The Hall–Kier alpha value is -0.460. The standard InChI is InChI=1S/C15H26N2O2S2/c1-4-12-11(2)20-15(17-12)9-10-16-13-7-5-6-8-14(13)21(3,18)19/h13-14,16H,4-10H2,1-3H3. The van der Waals surface area contributed by atoms with E-state index in [1.165, 1.54) is 16.8 Å². The number of rotatable bonds is 6. The van der Waals surface area contributed by atoms with Crippen LogP contribution < -0.4 is 5.32 Å². The molecule has 2 atom stereocenters. The van der Waals surface area contributed by atoms with E-state index in [1.54, 1.807) is 11.3 Å². The molecular formula is C15H26N2O2S2. The number of nitrogens with one attached hydrogen (secondary N) is 1. The van der Waals surface area contributed by atoms with Gasteiger partial charge in [-0.3, -0.25) is 0 Å². The summed E-state index contributed by atoms with van der Waals surface area (Å²) in [6.45, 7) is 5.06. The van der Waals surface area contributed by atoms with E-state index in [2.05, 4.69) is 24.1 Å². The van der Waals surface area contributed by atoms with Gasteiger partial charge in [-0.25, -0.2) is 13.4 Å². The molecule has 0 spiro atoms. The second-order valence-corrected chi connectivity index (χ2v) is 9.48. The van der Waals surface area contributed by atoms with E-state index in [9.17, 15) is 8.42 Å². The zero-order valence-electron chi connectivity index (χ0n) is 13.2. The molecule has 1 saturated carbocycles. The molecule has 1 aromatic heterocycles. The molecule has 0 bridgehead atoms. The number of aryl methyl sites for hydroxylation is 2. The summed E-state index contributed by atoms with van der Waals surface area (Å²) < 4.78 is 23.7. The first-order valence-corrected chi connectivity index (χ1v) is 10.6. The fourth-order valence-corrected chi connectivity index (χ4v) is 5.58. The van der Waals surface area contributed by atoms with Crippen molar-refractivity contribution in [2.45, 2.75) is 63.7 Å². The molecule has 120 valence electrons. The van der Waals surface area contributed by atoms with Crippen molar-refractivity contribution in [3.05, 3.63) is 15.6 Å². The van der Waals surface area contributed by atoms with Gasteiger partial charge < -0.3 is 5.32 Å². The van der Waals surface area contributed by atoms with Crippen LogP contribution in [0.4, 0.5) is 0 Å². The highest BCUT2D eigenvalue weighted by molar-refractivity contribution is 7.91. The molecule has 0 aromatic carbocycles. The second kappa shape index (κ2) is 7.20. The summed E-state index contributed by atoms with van der Waals surface area (Å²) in [7, 11) is -2.95. The number of hydrogen-bond donors (Lipinski definition) is 1. The Balaban J connectivity index is 1.89. The van der Waals surface area contributed by atoms with E-state index in [0.717, 1.165) is 50.1 Å². The molecular weight excluding hydrogens is 304 g/mol. The van der Waals surface area contributed by atoms with Crippen molar-refractivity contribution in [3.8, 4) is 0 Å². The van der Waals surface area contributed by atoms with Crippen molar-refractivity contribution in [3.63, 3.8) is 0 Å². The van der Waals surface area contributed by atoms with Gasteiger partial charge >= 0.3 is 0 Å². The molecule has 0 amide bonds. The minimum Gasteiger partial charge on any atom is -0.312 e. The normalized spacial score (nSPS) is 23.4. The van der Waals surface area contributed by atoms with Crippen molar-refractivity contribution in [2.24, 2.45) is 0 Å². The minimum absolute atomic E-state index is 0.112. The number of nitrogens with zero attached hydrogens (tertiary/aromatic N) is 1. The summed E-state index contributed by atoms with van der Waals surface area (Å²) in [5.41, 5.74) is 1.20. The maximum Gasteiger partial charge on any atom is 0.151 e. The Morgan fingerprint density at radius 2 is 2.05 bits per heavy atom. The van der Waals surface area contributed by atoms with Gasteiger partial charge in [0, 0.05) is 30.1 Å². The van der Waals surface area contributed by atoms with Gasteiger partial charge in [0.1, 0.15) is 0 Å². The van der Waals surface area contributed by atoms with Gasteiger partial charge in [-0.1, -0.05) is 19.8 Å². The number of aromatic nitrogens is 1. The van der Waals surface area contributed by atoms with Crippen LogP contribution in [0.15, 0.2) is 0 Å². The first-order valence-electron chi connectivity index (χ1n) is 7.79. The summed E-state index contributed by atoms with van der Waals surface area (Å²) >= 11 is 1.76. The van der Waals surface area contributed by atoms with E-state index in [1.807, 2.05) is 0 Å². The number of hydrogen-bond acceptors (Lipinski definition) is 5. The average Bonchev–Trinajstić information content (AvgIpc) is 2.78. The van der Waals surface area contributed by atoms with Crippen LogP contribution in [0.25, 0.3) is 0 Å². The fraction of sp³-hybridized carbons (Fsp3) is 0.800. The van der Waals surface area contributed by atoms with Gasteiger partial charge in [-0.05, 0) is 26.2 Å². The highest BCUT2D eigenvalue weighted by atomic mass is 32.2. The molecule has 4 nitrogen and oxygen atoms in total. The molecule has 21 heavy (non-hydrogen) atoms. The molecule has 1 aliphatic carbocycles. The Morgan fingerprint density at radius 3 is 2.67 bits per heavy atom. The van der Waals surface area contributed by atoms with Crippen LogP contribution >= 0.6 is 11.3 Å². The molecule has 0 saturated heterocycles. The lowest BCUT2D eigenvalue weighted by molar-refractivity contribution is 0.373. The van der Waals surface area contributed by atoms with E-state index in [0.29, 0.717) is 0 Å². The van der Waals surface area contributed by atoms with Crippen LogP contribution in [-0.2, 0) is 22.7 Å². The summed E-state index contributed by atoms with van der Waals surface area (Å²) in [6, 6.07) is 0.112. The van der Waals surface area contributed by atoms with Crippen LogP contribution in [0.5, 0.6) is 0 Å². The molecule has 1 N–H and O–H groups in total. The zero-order chi connectivity index (χ0) is 15.5. The molecule has 2 rings (SSSR count). The molecule has 0 radical (unpaired) electrons. The monoisotopic (exact) mass is 330 g/mol. The number of sulfone groups is 1. The Morgan fingerprint density at radius 1 is 1.33 bits per heavy atom. The highest BCUT2D eigenvalue weighted by Gasteiger charge is 2.32. The topological polar surface area (TPSA) is 59.1 Å². The predicted molar refractivity (Wildman–Crippen MR) is 88.8 cm³/mol. The molecule has 0 aliphatic heterocycles. The molecule has 1 fully saturated rings. The summed E-state index contributed by atoms with van der Waals surface area (Å²) in [5.74, 6) is 0. The SMILES string of the molecule is CCc1nc(CCNC2CCCCC2S(C)(=O)=O)sc1C. The summed E-state index contributed by atoms with van der Waals surface area (Å²) in [6.07, 6.45) is 7.16. The van der Waals surface area contributed by atoms with Crippen molar-refractivity contribution in [1.82, 2.24) is 10.3 Å². The summed E-state index contributed by atoms with van der Waals surface area (Å²) in [4.78, 5) is 5.94. The summed E-state index contributed by atoms with van der Waals surface area (Å²) in [5, 5.41) is 4.40. The van der Waals surface area contributed by atoms with Crippen LogP contribution in [0, 0.1) is 6.92 Å². The third kappa shape index (κ3) is 4.50. The number of thiazole rings is 1. The first-order chi connectivity index (χ1) is 9.91. The smallest absolute Gasteiger partial charge is 0.151 e. The van der Waals surface area contributed by atoms with Crippen LogP contribution in [0.3, 0.4) is 0 Å². The minimum atomic E-state index is -2.95. The van der Waals surface area contributed by atoms with Gasteiger partial charge in [-0.15, -0.1) is 11.3 Å². The van der Waals surface area contributed by atoms with Crippen LogP contribution in [0.1, 0.15) is 48.2 Å². The quantitative estimate of drug-likeness (QED) is 0.870. The van der Waals surface area contributed by atoms with Gasteiger partial charge in [0.05, 0.1) is 16.0 Å². The maximum absolute atomic E-state index is 11.9. The molecule has 1 heterocycles. The third-order valence-electron chi connectivity index (χ3n) is 4.27. The van der Waals surface area contributed by atoms with Crippen molar-refractivity contribution >= 4 is 21.2 Å². The van der Waals surface area contributed by atoms with Gasteiger partial charge in [-0.2, -0.15) is 0 Å². The average molecular weight is 331 g/mol. The van der Waals surface area contributed by atoms with Crippen LogP contribution in [-0.4, -0.2) is 37.5 Å². The highest BCUT2D eigenvalue weighted by Crippen LogP contribution is 2.24. The van der Waals surface area contributed by atoms with E-state index in [-0.39, 0.29) is 11.3 Å². The Kier molecular flexibility index (Phi) is 5.80. The maximum atomic E-state index is 11.9. The lowest BCUT2D eigenvalue weighted by Gasteiger charge is -2.30. The Bertz CT molecular complexity index is 566. The van der Waals surface area contributed by atoms with Gasteiger partial charge in [0.25, 0.3) is 0 Å². The second-order valence-electron chi connectivity index (χ2n) is 5.93. The lowest BCUT2D eigenvalue weighted by Crippen LogP contribution is -2.46. The van der Waals surface area contributed by atoms with E-state index < -0.39 is 9.84 Å². The zero-order valence-corrected chi connectivity index (χ0v) is 14.8. The molecule has 6 heteroatoms. The Labute approximate surface area is 132 Å². The third-order valence-corrected chi connectivity index (χ3v) is 7.01. The van der Waals surface area contributed by atoms with Crippen LogP contribution in [0.2, 0.25) is 0 Å². The van der Waals surface area contributed by atoms with E-state index in [4.69, 9.17) is 0 Å².